The van der Waals surface area contributed by atoms with Crippen LogP contribution < -0.4 is 15.2 Å². The quantitative estimate of drug-likeness (QED) is 0.494. The number of benzene rings is 1. The first-order valence-electron chi connectivity index (χ1n) is 8.49. The van der Waals surface area contributed by atoms with E-state index in [1.54, 1.807) is 41.5 Å². The number of fused-ring (bicyclic) bond motifs is 1. The molecule has 2 N–H and O–H groups in total. The summed E-state index contributed by atoms with van der Waals surface area (Å²) in [7, 11) is 0. The Morgan fingerprint density at radius 3 is 2.77 bits per heavy atom. The normalized spacial score (nSPS) is 11.6. The number of primary amides is 1. The lowest BCUT2D eigenvalue weighted by atomic mass is 10.2. The van der Waals surface area contributed by atoms with Crippen molar-refractivity contribution in [3.63, 3.8) is 0 Å². The summed E-state index contributed by atoms with van der Waals surface area (Å²) in [4.78, 5) is 20.3. The molecular weight excluding hydrogens is 421 g/mol. The van der Waals surface area contributed by atoms with E-state index in [2.05, 4.69) is 14.7 Å². The molecule has 3 aromatic heterocycles. The second kappa shape index (κ2) is 7.67. The number of aromatic nitrogens is 3. The molecule has 0 saturated carbocycles. The van der Waals surface area contributed by atoms with Gasteiger partial charge in [-0.2, -0.15) is 0 Å². The summed E-state index contributed by atoms with van der Waals surface area (Å²) >= 11 is 1.08. The number of hydrogen-bond acceptors (Lipinski definition) is 6. The summed E-state index contributed by atoms with van der Waals surface area (Å²) in [6.45, 7) is -0.253. The minimum atomic E-state index is -4.83. The molecule has 1 amide bonds. The standard InChI is InChI=1S/C19H13F3N4O3S/c20-19(21,22)29-14-4-2-1-3-11(14)9-28-15-7-16(30-17(15)18(23)27)26-10-25-12-8-24-6-5-13(12)26/h1-8,10H,9H2,(H2,23,27). The molecule has 0 bridgehead atoms. The third-order valence-electron chi connectivity index (χ3n) is 4.08. The Labute approximate surface area is 171 Å². The van der Waals surface area contributed by atoms with E-state index in [1.165, 1.54) is 18.2 Å². The predicted octanol–water partition coefficient (Wildman–Crippen LogP) is 4.06. The van der Waals surface area contributed by atoms with Gasteiger partial charge in [-0.1, -0.05) is 18.2 Å². The number of pyridine rings is 1. The van der Waals surface area contributed by atoms with E-state index in [0.29, 0.717) is 10.5 Å². The van der Waals surface area contributed by atoms with E-state index in [0.717, 1.165) is 16.9 Å². The zero-order valence-corrected chi connectivity index (χ0v) is 15.9. The van der Waals surface area contributed by atoms with Gasteiger partial charge in [-0.05, 0) is 12.1 Å². The number of carbonyl (C=O) groups excluding carboxylic acids is 1. The minimum Gasteiger partial charge on any atom is -0.487 e. The minimum absolute atomic E-state index is 0.134. The summed E-state index contributed by atoms with van der Waals surface area (Å²) < 4.78 is 49.2. The SMILES string of the molecule is NC(=O)c1sc(-n2cnc3cnccc32)cc1OCc1ccccc1OC(F)(F)F. The topological polar surface area (TPSA) is 92.3 Å². The third-order valence-corrected chi connectivity index (χ3v) is 5.21. The average molecular weight is 434 g/mol. The molecule has 0 saturated heterocycles. The Hall–Kier alpha value is -3.60. The molecule has 0 radical (unpaired) electrons. The van der Waals surface area contributed by atoms with Crippen molar-refractivity contribution in [2.24, 2.45) is 5.73 Å². The lowest BCUT2D eigenvalue weighted by Gasteiger charge is -2.13. The fourth-order valence-electron chi connectivity index (χ4n) is 2.80. The molecule has 0 fully saturated rings. The first-order valence-corrected chi connectivity index (χ1v) is 9.31. The smallest absolute Gasteiger partial charge is 0.487 e. The first kappa shape index (κ1) is 19.7. The highest BCUT2D eigenvalue weighted by atomic mass is 32.1. The van der Waals surface area contributed by atoms with Crippen LogP contribution in [0.4, 0.5) is 13.2 Å². The van der Waals surface area contributed by atoms with Crippen LogP contribution in [0.1, 0.15) is 15.2 Å². The Bertz CT molecular complexity index is 1220. The summed E-state index contributed by atoms with van der Waals surface area (Å²) in [5.74, 6) is -0.943. The molecule has 0 aliphatic heterocycles. The summed E-state index contributed by atoms with van der Waals surface area (Å²) in [6, 6.07) is 8.94. The van der Waals surface area contributed by atoms with E-state index in [-0.39, 0.29) is 28.5 Å². The van der Waals surface area contributed by atoms with Gasteiger partial charge in [0, 0.05) is 17.8 Å². The molecule has 0 aliphatic rings. The number of nitrogens with zero attached hydrogens (tertiary/aromatic N) is 3. The predicted molar refractivity (Wildman–Crippen MR) is 103 cm³/mol. The maximum Gasteiger partial charge on any atom is 0.573 e. The first-order chi connectivity index (χ1) is 14.3. The molecule has 11 heteroatoms. The Balaban J connectivity index is 1.64. The van der Waals surface area contributed by atoms with Gasteiger partial charge in [0.05, 0.1) is 11.7 Å². The van der Waals surface area contributed by atoms with Crippen molar-refractivity contribution in [1.29, 1.82) is 0 Å². The number of nitrogens with two attached hydrogens (primary N) is 1. The fourth-order valence-corrected chi connectivity index (χ4v) is 3.74. The van der Waals surface area contributed by atoms with Gasteiger partial charge in [0.1, 0.15) is 39.8 Å². The molecule has 4 aromatic rings. The molecule has 0 spiro atoms. The maximum absolute atomic E-state index is 12.6. The van der Waals surface area contributed by atoms with Crippen molar-refractivity contribution < 1.29 is 27.4 Å². The van der Waals surface area contributed by atoms with Crippen LogP contribution >= 0.6 is 11.3 Å². The highest BCUT2D eigenvalue weighted by Gasteiger charge is 2.32. The van der Waals surface area contributed by atoms with Gasteiger partial charge in [-0.25, -0.2) is 4.98 Å². The largest absolute Gasteiger partial charge is 0.573 e. The molecule has 7 nitrogen and oxygen atoms in total. The Morgan fingerprint density at radius 1 is 1.20 bits per heavy atom. The maximum atomic E-state index is 12.6. The summed E-state index contributed by atoms with van der Waals surface area (Å²) in [6.07, 6.45) is -0.0535. The van der Waals surface area contributed by atoms with Crippen LogP contribution in [0.5, 0.6) is 11.5 Å². The number of alkyl halides is 3. The van der Waals surface area contributed by atoms with Crippen LogP contribution in [-0.4, -0.2) is 26.8 Å². The zero-order valence-electron chi connectivity index (χ0n) is 15.1. The molecule has 0 aliphatic carbocycles. The summed E-state index contributed by atoms with van der Waals surface area (Å²) in [5.41, 5.74) is 7.04. The van der Waals surface area contributed by atoms with Gasteiger partial charge < -0.3 is 15.2 Å². The van der Waals surface area contributed by atoms with Crippen LogP contribution in [-0.2, 0) is 6.61 Å². The number of ether oxygens (including phenoxy) is 2. The lowest BCUT2D eigenvalue weighted by Crippen LogP contribution is -2.18. The van der Waals surface area contributed by atoms with Gasteiger partial charge in [0.25, 0.3) is 5.91 Å². The van der Waals surface area contributed by atoms with E-state index in [9.17, 15) is 18.0 Å². The average Bonchev–Trinajstić information content (AvgIpc) is 3.30. The molecule has 0 atom stereocenters. The number of hydrogen-bond donors (Lipinski definition) is 1. The van der Waals surface area contributed by atoms with Crippen molar-refractivity contribution in [3.8, 4) is 16.5 Å². The van der Waals surface area contributed by atoms with E-state index in [4.69, 9.17) is 10.5 Å². The molecule has 30 heavy (non-hydrogen) atoms. The van der Waals surface area contributed by atoms with Gasteiger partial charge >= 0.3 is 6.36 Å². The van der Waals surface area contributed by atoms with E-state index < -0.39 is 12.3 Å². The van der Waals surface area contributed by atoms with E-state index in [1.807, 2.05) is 0 Å². The number of halogens is 3. The number of amides is 1. The molecule has 3 heterocycles. The Morgan fingerprint density at radius 2 is 2.00 bits per heavy atom. The zero-order chi connectivity index (χ0) is 21.3. The van der Waals surface area contributed by atoms with Gasteiger partial charge in [-0.15, -0.1) is 24.5 Å². The number of imidazole rings is 1. The summed E-state index contributed by atoms with van der Waals surface area (Å²) in [5, 5.41) is 0.604. The van der Waals surface area contributed by atoms with Crippen LogP contribution in [0.25, 0.3) is 16.0 Å². The third kappa shape index (κ3) is 4.06. The number of thiophene rings is 1. The van der Waals surface area contributed by atoms with E-state index >= 15 is 0 Å². The van der Waals surface area contributed by atoms with Crippen molar-refractivity contribution >= 4 is 28.3 Å². The second-order valence-corrected chi connectivity index (χ2v) is 7.10. The molecule has 0 unspecified atom stereocenters. The fraction of sp³-hybridized carbons (Fsp3) is 0.105. The van der Waals surface area contributed by atoms with Gasteiger partial charge in [0.15, 0.2) is 0 Å². The van der Waals surface area contributed by atoms with Gasteiger partial charge in [-0.3, -0.25) is 14.3 Å². The van der Waals surface area contributed by atoms with Crippen molar-refractivity contribution in [3.05, 3.63) is 65.6 Å². The number of carbonyl (C=O) groups is 1. The van der Waals surface area contributed by atoms with Crippen molar-refractivity contribution in [1.82, 2.24) is 14.5 Å². The lowest BCUT2D eigenvalue weighted by molar-refractivity contribution is -0.275. The highest BCUT2D eigenvalue weighted by Crippen LogP contribution is 2.35. The highest BCUT2D eigenvalue weighted by molar-refractivity contribution is 7.16. The number of para-hydroxylation sites is 1. The van der Waals surface area contributed by atoms with Crippen LogP contribution in [0.3, 0.4) is 0 Å². The molecular formula is C19H13F3N4O3S. The van der Waals surface area contributed by atoms with Crippen LogP contribution in [0.2, 0.25) is 0 Å². The van der Waals surface area contributed by atoms with Crippen molar-refractivity contribution in [2.75, 3.05) is 0 Å². The van der Waals surface area contributed by atoms with Crippen molar-refractivity contribution in [2.45, 2.75) is 13.0 Å². The van der Waals surface area contributed by atoms with Gasteiger partial charge in [0.2, 0.25) is 0 Å². The molecule has 154 valence electrons. The second-order valence-electron chi connectivity index (χ2n) is 6.07. The van der Waals surface area contributed by atoms with Crippen LogP contribution in [0, 0.1) is 0 Å². The molecule has 1 aromatic carbocycles. The molecule has 4 rings (SSSR count). The number of rotatable bonds is 6. The van der Waals surface area contributed by atoms with Crippen LogP contribution in [0.15, 0.2) is 55.1 Å². The Kier molecular flexibility index (Phi) is 5.04. The monoisotopic (exact) mass is 434 g/mol.